The number of aromatic nitrogens is 2. The highest BCUT2D eigenvalue weighted by molar-refractivity contribution is 5.97. The summed E-state index contributed by atoms with van der Waals surface area (Å²) >= 11 is 0. The molecule has 0 spiro atoms. The van der Waals surface area contributed by atoms with E-state index in [1.54, 1.807) is 4.90 Å². The number of hydrogen-bond acceptors (Lipinski definition) is 6. The molecule has 10 heteroatoms. The maximum atomic E-state index is 14.0. The molecule has 1 aliphatic rings. The number of carbonyl (C=O) groups is 2. The number of benzene rings is 1. The Hall–Kier alpha value is -3.43. The lowest BCUT2D eigenvalue weighted by Gasteiger charge is -2.26. The summed E-state index contributed by atoms with van der Waals surface area (Å²) in [5.74, 6) is 0.171. The minimum Gasteiger partial charge on any atom is -0.465 e. The number of likely N-dealkylation sites (tertiary alicyclic amines) is 1. The summed E-state index contributed by atoms with van der Waals surface area (Å²) in [6, 6.07) is 3.75. The molecule has 3 rings (SSSR count). The van der Waals surface area contributed by atoms with Crippen molar-refractivity contribution in [3.05, 3.63) is 42.1 Å². The molecule has 0 aliphatic carbocycles. The highest BCUT2D eigenvalue weighted by Gasteiger charge is 2.26. The maximum Gasteiger partial charge on any atom is 0.407 e. The monoisotopic (exact) mass is 445 g/mol. The third kappa shape index (κ3) is 5.43. The van der Waals surface area contributed by atoms with E-state index in [2.05, 4.69) is 15.3 Å². The molecule has 2 amide bonds. The highest BCUT2D eigenvalue weighted by atomic mass is 19.1. The van der Waals surface area contributed by atoms with Crippen molar-refractivity contribution >= 4 is 17.8 Å². The molecule has 32 heavy (non-hydrogen) atoms. The molecule has 1 atom stereocenters. The van der Waals surface area contributed by atoms with Crippen molar-refractivity contribution in [2.24, 2.45) is 5.92 Å². The second-order valence-electron chi connectivity index (χ2n) is 7.93. The van der Waals surface area contributed by atoms with E-state index in [-0.39, 0.29) is 34.9 Å². The van der Waals surface area contributed by atoms with Gasteiger partial charge in [0.05, 0.1) is 11.8 Å². The molecule has 1 saturated heterocycles. The first-order valence-corrected chi connectivity index (χ1v) is 10.6. The Kier molecular flexibility index (Phi) is 7.45. The van der Waals surface area contributed by atoms with Crippen LogP contribution in [-0.4, -0.2) is 69.1 Å². The van der Waals surface area contributed by atoms with E-state index in [1.807, 2.05) is 20.8 Å². The van der Waals surface area contributed by atoms with Crippen molar-refractivity contribution in [2.75, 3.05) is 31.5 Å². The molecular weight excluding hydrogens is 417 g/mol. The predicted molar refractivity (Wildman–Crippen MR) is 117 cm³/mol. The Labute approximate surface area is 186 Å². The average Bonchev–Trinajstić information content (AvgIpc) is 3.24. The van der Waals surface area contributed by atoms with Crippen LogP contribution in [0.5, 0.6) is 11.5 Å². The average molecular weight is 445 g/mol. The summed E-state index contributed by atoms with van der Waals surface area (Å²) in [5.41, 5.74) is 0.114. The molecule has 1 fully saturated rings. The highest BCUT2D eigenvalue weighted by Crippen LogP contribution is 2.31. The normalized spacial score (nSPS) is 15.7. The lowest BCUT2D eigenvalue weighted by Crippen LogP contribution is -2.36. The number of hydrogen-bond donors (Lipinski definition) is 2. The lowest BCUT2D eigenvalue weighted by molar-refractivity contribution is 0.0713. The Morgan fingerprint density at radius 3 is 2.81 bits per heavy atom. The number of amides is 2. The fourth-order valence-corrected chi connectivity index (χ4v) is 3.71. The quantitative estimate of drug-likeness (QED) is 0.638. The largest absolute Gasteiger partial charge is 0.465 e. The first-order chi connectivity index (χ1) is 15.3. The van der Waals surface area contributed by atoms with Gasteiger partial charge in [0.1, 0.15) is 17.9 Å². The Balaban J connectivity index is 1.78. The third-order valence-electron chi connectivity index (χ3n) is 5.41. The van der Waals surface area contributed by atoms with Crippen LogP contribution in [0.1, 0.15) is 37.6 Å². The minimum atomic E-state index is -0.922. The van der Waals surface area contributed by atoms with Crippen LogP contribution in [0.15, 0.2) is 30.7 Å². The van der Waals surface area contributed by atoms with Gasteiger partial charge >= 0.3 is 6.09 Å². The summed E-state index contributed by atoms with van der Waals surface area (Å²) in [4.78, 5) is 35.4. The molecule has 1 aromatic heterocycles. The molecular formula is C22H28FN5O4. The van der Waals surface area contributed by atoms with Crippen molar-refractivity contribution in [3.8, 4) is 11.5 Å². The van der Waals surface area contributed by atoms with Crippen LogP contribution in [0, 0.1) is 11.7 Å². The van der Waals surface area contributed by atoms with E-state index in [0.29, 0.717) is 32.0 Å². The lowest BCUT2D eigenvalue weighted by atomic mass is 10.1. The summed E-state index contributed by atoms with van der Waals surface area (Å²) in [6.45, 7) is 7.57. The number of ether oxygens (including phenoxy) is 1. The molecule has 2 N–H and O–H groups in total. The second kappa shape index (κ2) is 10.3. The van der Waals surface area contributed by atoms with Gasteiger partial charge in [-0.15, -0.1) is 0 Å². The molecule has 172 valence electrons. The van der Waals surface area contributed by atoms with Gasteiger partial charge in [-0.1, -0.05) is 0 Å². The second-order valence-corrected chi connectivity index (χ2v) is 7.93. The fourth-order valence-electron chi connectivity index (χ4n) is 3.71. The van der Waals surface area contributed by atoms with E-state index in [4.69, 9.17) is 9.84 Å². The van der Waals surface area contributed by atoms with Crippen LogP contribution in [0.25, 0.3) is 0 Å². The summed E-state index contributed by atoms with van der Waals surface area (Å²) < 4.78 is 19.9. The number of carboxylic acid groups (broad SMARTS) is 1. The fraction of sp³-hybridized carbons (Fsp3) is 0.455. The zero-order valence-corrected chi connectivity index (χ0v) is 18.4. The number of nitrogens with zero attached hydrogens (tertiary/aromatic N) is 4. The minimum absolute atomic E-state index is 0.0577. The molecule has 9 nitrogen and oxygen atoms in total. The first-order valence-electron chi connectivity index (χ1n) is 10.6. The number of nitrogens with one attached hydrogen (secondary N) is 1. The number of halogens is 1. The van der Waals surface area contributed by atoms with Gasteiger partial charge in [-0.25, -0.2) is 19.2 Å². The molecule has 1 aromatic carbocycles. The van der Waals surface area contributed by atoms with Gasteiger partial charge in [0, 0.05) is 32.2 Å². The van der Waals surface area contributed by atoms with Crippen molar-refractivity contribution in [2.45, 2.75) is 33.2 Å². The molecule has 0 bridgehead atoms. The molecule has 1 unspecified atom stereocenters. The van der Waals surface area contributed by atoms with E-state index < -0.39 is 11.9 Å². The smallest absolute Gasteiger partial charge is 0.407 e. The first kappa shape index (κ1) is 23.2. The van der Waals surface area contributed by atoms with Crippen LogP contribution < -0.4 is 10.1 Å². The maximum absolute atomic E-state index is 14.0. The van der Waals surface area contributed by atoms with E-state index >= 15 is 0 Å². The zero-order chi connectivity index (χ0) is 23.3. The SMILES string of the molecule is CCN(C(=O)c1cc(F)ccc1Oc1cncnc1NCC1CCN(C(=O)O)C1)C(C)C. The molecule has 2 aromatic rings. The molecule has 0 radical (unpaired) electrons. The van der Waals surface area contributed by atoms with Gasteiger partial charge in [-0.3, -0.25) is 4.79 Å². The van der Waals surface area contributed by atoms with Gasteiger partial charge in [0.25, 0.3) is 5.91 Å². The van der Waals surface area contributed by atoms with Crippen molar-refractivity contribution in [3.63, 3.8) is 0 Å². The zero-order valence-electron chi connectivity index (χ0n) is 18.4. The van der Waals surface area contributed by atoms with Crippen molar-refractivity contribution in [1.82, 2.24) is 19.8 Å². The standard InChI is InChI=1S/C22H28FN5O4/c1-4-28(14(2)3)21(29)17-9-16(23)5-6-18(17)32-19-11-24-13-26-20(19)25-10-15-7-8-27(12-15)22(30)31/h5-6,9,11,13-15H,4,7-8,10,12H2,1-3H3,(H,30,31)(H,24,25,26). The van der Waals surface area contributed by atoms with Crippen LogP contribution in [0.2, 0.25) is 0 Å². The van der Waals surface area contributed by atoms with E-state index in [9.17, 15) is 14.0 Å². The van der Waals surface area contributed by atoms with Crippen LogP contribution in [0.3, 0.4) is 0 Å². The van der Waals surface area contributed by atoms with E-state index in [1.165, 1.54) is 35.6 Å². The molecule has 0 saturated carbocycles. The van der Waals surface area contributed by atoms with Gasteiger partial charge < -0.3 is 25.0 Å². The number of rotatable bonds is 8. The van der Waals surface area contributed by atoms with Crippen LogP contribution >= 0.6 is 0 Å². The van der Waals surface area contributed by atoms with E-state index in [0.717, 1.165) is 6.42 Å². The van der Waals surface area contributed by atoms with Crippen molar-refractivity contribution in [1.29, 1.82) is 0 Å². The Bertz CT molecular complexity index is 971. The summed E-state index contributed by atoms with van der Waals surface area (Å²) in [5, 5.41) is 12.3. The third-order valence-corrected chi connectivity index (χ3v) is 5.41. The Morgan fingerprint density at radius 1 is 1.38 bits per heavy atom. The topological polar surface area (TPSA) is 108 Å². The van der Waals surface area contributed by atoms with Crippen LogP contribution in [-0.2, 0) is 0 Å². The molecule has 2 heterocycles. The summed E-state index contributed by atoms with van der Waals surface area (Å²) in [6.07, 6.45) is 2.65. The van der Waals surface area contributed by atoms with Gasteiger partial charge in [-0.05, 0) is 51.3 Å². The number of anilines is 1. The molecule has 1 aliphatic heterocycles. The summed E-state index contributed by atoms with van der Waals surface area (Å²) in [7, 11) is 0. The van der Waals surface area contributed by atoms with Crippen molar-refractivity contribution < 1.29 is 23.8 Å². The number of carbonyl (C=O) groups excluding carboxylic acids is 1. The van der Waals surface area contributed by atoms with Gasteiger partial charge in [0.15, 0.2) is 11.6 Å². The predicted octanol–water partition coefficient (Wildman–Crippen LogP) is 3.69. The van der Waals surface area contributed by atoms with Gasteiger partial charge in [0.2, 0.25) is 0 Å². The Morgan fingerprint density at radius 2 is 2.16 bits per heavy atom. The van der Waals surface area contributed by atoms with Gasteiger partial charge in [-0.2, -0.15) is 0 Å². The van der Waals surface area contributed by atoms with Crippen LogP contribution in [0.4, 0.5) is 15.0 Å².